The van der Waals surface area contributed by atoms with Gasteiger partial charge in [-0.25, -0.2) is 18.4 Å². The number of ketones is 2. The highest BCUT2D eigenvalue weighted by Crippen LogP contribution is 2.72. The number of allylic oxidation sites excluding steroid dienone is 4. The lowest BCUT2D eigenvalue weighted by atomic mass is 9.44. The van der Waals surface area contributed by atoms with Crippen LogP contribution in [0.25, 0.3) is 0 Å². The second kappa shape index (κ2) is 20.3. The fraction of sp³-hybridized carbons (Fsp3) is 0.560. The molecule has 0 aromatic heterocycles. The van der Waals surface area contributed by atoms with Gasteiger partial charge >= 0.3 is 12.1 Å². The van der Waals surface area contributed by atoms with Crippen molar-refractivity contribution >= 4 is 46.9 Å². The van der Waals surface area contributed by atoms with Crippen LogP contribution in [0.2, 0.25) is 0 Å². The van der Waals surface area contributed by atoms with Crippen LogP contribution in [0.1, 0.15) is 85.1 Å². The first kappa shape index (κ1) is 51.1. The predicted octanol–water partition coefficient (Wildman–Crippen LogP) is 5.45. The number of fused-ring (bicyclic) bond motifs is 7. The van der Waals surface area contributed by atoms with E-state index in [9.17, 15) is 33.9 Å². The Bertz CT molecular complexity index is 2350. The van der Waals surface area contributed by atoms with Crippen LogP contribution >= 0.6 is 0 Å². The van der Waals surface area contributed by atoms with Gasteiger partial charge in [0.25, 0.3) is 0 Å². The van der Waals surface area contributed by atoms with Crippen LogP contribution in [0.4, 0.5) is 29.7 Å². The minimum Gasteiger partial charge on any atom is -0.486 e. The monoisotopic (exact) mass is 962 g/mol. The van der Waals surface area contributed by atoms with Gasteiger partial charge in [-0.05, 0) is 117 Å². The van der Waals surface area contributed by atoms with Gasteiger partial charge in [0, 0.05) is 34.7 Å². The maximum absolute atomic E-state index is 17.8. The number of anilines is 2. The number of aliphatic hydroxyl groups excluding tert-OH is 1. The largest absolute Gasteiger partial charge is 0.486 e. The summed E-state index contributed by atoms with van der Waals surface area (Å²) in [6.45, 7) is 8.51. The van der Waals surface area contributed by atoms with Crippen molar-refractivity contribution in [2.75, 3.05) is 23.8 Å². The number of rotatable bonds is 18. The average Bonchev–Trinajstić information content (AvgIpc) is 3.79. The number of alkyl halides is 2. The second-order valence-electron chi connectivity index (χ2n) is 19.7. The van der Waals surface area contributed by atoms with Gasteiger partial charge in [0.2, 0.25) is 17.6 Å². The molecule has 5 aliphatic rings. The summed E-state index contributed by atoms with van der Waals surface area (Å²) in [4.78, 5) is 76.6. The molecule has 2 aromatic rings. The van der Waals surface area contributed by atoms with Crippen molar-refractivity contribution in [3.63, 3.8) is 0 Å². The van der Waals surface area contributed by atoms with E-state index in [-0.39, 0.29) is 50.3 Å². The van der Waals surface area contributed by atoms with Crippen LogP contribution in [-0.4, -0.2) is 102 Å². The molecule has 4 fully saturated rings. The number of primary amides is 1. The minimum absolute atomic E-state index is 0.0180. The first-order valence-corrected chi connectivity index (χ1v) is 23.6. The highest BCUT2D eigenvalue weighted by Gasteiger charge is 2.80. The summed E-state index contributed by atoms with van der Waals surface area (Å²) >= 11 is 0. The number of carbonyl (C=O) groups is 6. The summed E-state index contributed by atoms with van der Waals surface area (Å²) in [6, 6.07) is 10.3. The molecule has 2 aromatic carbocycles. The molecular weight excluding hydrogens is 899 g/mol. The number of Topliss-reactive ketones (excluding diaryl/α,β-unsaturated/α-hetero) is 1. The van der Waals surface area contributed by atoms with Gasteiger partial charge in [-0.1, -0.05) is 52.3 Å². The molecule has 1 saturated heterocycles. The van der Waals surface area contributed by atoms with E-state index in [1.165, 1.54) is 19.1 Å². The lowest BCUT2D eigenvalue weighted by Gasteiger charge is -2.63. The summed E-state index contributed by atoms with van der Waals surface area (Å²) in [6.07, 6.45) is -0.273. The zero-order valence-electron chi connectivity index (χ0n) is 39.6. The third-order valence-electron chi connectivity index (χ3n) is 15.0. The van der Waals surface area contributed by atoms with E-state index in [4.69, 9.17) is 30.4 Å². The molecule has 7 rings (SSSR count). The second-order valence-corrected chi connectivity index (χ2v) is 19.7. The van der Waals surface area contributed by atoms with Crippen LogP contribution in [0.15, 0.2) is 72.3 Å². The van der Waals surface area contributed by atoms with Gasteiger partial charge in [0.05, 0.1) is 18.2 Å². The van der Waals surface area contributed by atoms with E-state index in [1.54, 1.807) is 69.3 Å². The average molecular weight is 963 g/mol. The van der Waals surface area contributed by atoms with Crippen LogP contribution in [0, 0.1) is 28.6 Å². The number of ether oxygens (including phenoxy) is 4. The van der Waals surface area contributed by atoms with Crippen LogP contribution in [-0.2, 0) is 40.0 Å². The molecule has 9 N–H and O–H groups in total. The Morgan fingerprint density at radius 3 is 2.32 bits per heavy atom. The smallest absolute Gasteiger partial charge is 0.411 e. The summed E-state index contributed by atoms with van der Waals surface area (Å²) in [7, 11) is 0. The number of nitrogens with two attached hydrogens (primary N) is 2. The topological polar surface area (TPSA) is 260 Å². The molecular formula is C50H64F2N6O11. The molecule has 0 spiro atoms. The van der Waals surface area contributed by atoms with Crippen molar-refractivity contribution in [2.24, 2.45) is 40.1 Å². The molecule has 374 valence electrons. The van der Waals surface area contributed by atoms with Crippen LogP contribution in [0.5, 0.6) is 5.75 Å². The summed E-state index contributed by atoms with van der Waals surface area (Å²) in [5.74, 6) is -3.36. The van der Waals surface area contributed by atoms with E-state index in [1.807, 2.05) is 6.92 Å². The SMILES string of the molecule is CCCC1O[C@@H]2C[C@H]3C4C[C@H](F)C5=CC(=O)C=C[C@]5(C)[C@@]4(F)[C@@H](O)C[C@]3(C)[C@]2(C(=O)COc2ccc(NC(=O)OCc3ccc(NC(=O)C(CCCNC(N)=O)NC(=O)[C@@H](N)C(C)C)cc3)cc2)O1. The first-order chi connectivity index (χ1) is 32.7. The number of aliphatic hydroxyl groups is 1. The quantitative estimate of drug-likeness (QED) is 0.0921. The molecule has 3 unspecified atom stereocenters. The number of nitrogens with one attached hydrogen (secondary N) is 4. The molecule has 1 aliphatic heterocycles. The molecule has 17 nitrogen and oxygen atoms in total. The molecule has 19 heteroatoms. The van der Waals surface area contributed by atoms with Gasteiger partial charge < -0.3 is 51.5 Å². The van der Waals surface area contributed by atoms with Gasteiger partial charge in [0.15, 0.2) is 23.3 Å². The molecule has 0 radical (unpaired) electrons. The third-order valence-corrected chi connectivity index (χ3v) is 15.0. The fourth-order valence-corrected chi connectivity index (χ4v) is 11.4. The highest BCUT2D eigenvalue weighted by molar-refractivity contribution is 6.01. The summed E-state index contributed by atoms with van der Waals surface area (Å²) in [5.41, 5.74) is 5.83. The summed E-state index contributed by atoms with van der Waals surface area (Å²) < 4.78 is 58.3. The van der Waals surface area contributed by atoms with E-state index >= 15 is 8.78 Å². The lowest BCUT2D eigenvalue weighted by molar-refractivity contribution is -0.234. The molecule has 12 atom stereocenters. The Hall–Kier alpha value is -5.76. The van der Waals surface area contributed by atoms with Crippen molar-refractivity contribution < 1.29 is 61.6 Å². The van der Waals surface area contributed by atoms with Gasteiger partial charge in [-0.3, -0.25) is 24.5 Å². The van der Waals surface area contributed by atoms with Crippen LogP contribution < -0.4 is 37.5 Å². The molecule has 0 bridgehead atoms. The number of carbonyl (C=O) groups excluding carboxylic acids is 6. The van der Waals surface area contributed by atoms with Gasteiger partial charge in [-0.15, -0.1) is 0 Å². The Kier molecular flexibility index (Phi) is 15.0. The van der Waals surface area contributed by atoms with Gasteiger partial charge in [0.1, 0.15) is 31.2 Å². The van der Waals surface area contributed by atoms with Crippen molar-refractivity contribution in [1.29, 1.82) is 0 Å². The fourth-order valence-electron chi connectivity index (χ4n) is 11.4. The van der Waals surface area contributed by atoms with Crippen molar-refractivity contribution in [3.8, 4) is 5.75 Å². The Morgan fingerprint density at radius 2 is 1.65 bits per heavy atom. The maximum atomic E-state index is 17.8. The Labute approximate surface area is 399 Å². The number of halogens is 2. The summed E-state index contributed by atoms with van der Waals surface area (Å²) in [5, 5.41) is 22.4. The van der Waals surface area contributed by atoms with Crippen molar-refractivity contribution in [3.05, 3.63) is 77.9 Å². The lowest BCUT2D eigenvalue weighted by Crippen LogP contribution is -2.71. The molecule has 4 aliphatic carbocycles. The number of amides is 5. The molecule has 5 amide bonds. The molecule has 69 heavy (non-hydrogen) atoms. The van der Waals surface area contributed by atoms with E-state index in [2.05, 4.69) is 21.3 Å². The third kappa shape index (κ3) is 9.75. The van der Waals surface area contributed by atoms with E-state index in [0.29, 0.717) is 42.0 Å². The van der Waals surface area contributed by atoms with E-state index < -0.39 is 113 Å². The molecule has 1 heterocycles. The minimum atomic E-state index is -2.33. The number of urea groups is 1. The normalized spacial score (nSPS) is 31.7. The number of hydrogen-bond acceptors (Lipinski definition) is 12. The van der Waals surface area contributed by atoms with Crippen molar-refractivity contribution in [1.82, 2.24) is 10.6 Å². The van der Waals surface area contributed by atoms with E-state index in [0.717, 1.165) is 6.08 Å². The first-order valence-electron chi connectivity index (χ1n) is 23.6. The molecule has 3 saturated carbocycles. The highest BCUT2D eigenvalue weighted by atomic mass is 19.1. The zero-order chi connectivity index (χ0) is 50.1. The number of benzene rings is 2. The number of hydrogen-bond donors (Lipinski definition) is 7. The van der Waals surface area contributed by atoms with Crippen LogP contribution in [0.3, 0.4) is 0 Å². The van der Waals surface area contributed by atoms with Crippen molar-refractivity contribution in [2.45, 2.75) is 134 Å². The Balaban J connectivity index is 0.940. The Morgan fingerprint density at radius 1 is 0.971 bits per heavy atom. The zero-order valence-corrected chi connectivity index (χ0v) is 39.6. The maximum Gasteiger partial charge on any atom is 0.411 e. The standard InChI is InChI=1S/C50H64F2N6O11/c1-6-8-41-68-40-23-33-34-22-36(51)35-21-31(59)18-19-47(35,4)49(34,52)38(60)24-48(33,5)50(40,69-41)39(61)26-66-32-16-14-30(15-17-32)57-46(65)67-25-28-10-12-29(13-11-28)56-43(62)37(9-7-20-55-45(54)64)58-44(63)42(53)27(2)3/h10-19,21,27,33-34,36-38,40-42,60H,6-9,20,22-26,53H2,1-5H3,(H,56,62)(H,57,65)(H,58,63)(H3,54,55,64)/t33-,34?,36-,37?,38-,40+,41?,42-,47-,48-,49-,50+/m0/s1. The van der Waals surface area contributed by atoms with Gasteiger partial charge in [-0.2, -0.15) is 0 Å². The predicted molar refractivity (Wildman–Crippen MR) is 249 cm³/mol.